The van der Waals surface area contributed by atoms with Crippen molar-refractivity contribution in [2.45, 2.75) is 26.8 Å². The van der Waals surface area contributed by atoms with Crippen LogP contribution >= 0.6 is 0 Å². The summed E-state index contributed by atoms with van der Waals surface area (Å²) in [5.74, 6) is 2.24. The van der Waals surface area contributed by atoms with Crippen LogP contribution in [0.1, 0.15) is 24.1 Å². The molecule has 6 heteroatoms. The second-order valence-corrected chi connectivity index (χ2v) is 5.49. The van der Waals surface area contributed by atoms with Gasteiger partial charge in [0.05, 0.1) is 30.6 Å². The fraction of sp³-hybridized carbons (Fsp3) is 0.353. The molecule has 0 unspecified atom stereocenters. The van der Waals surface area contributed by atoms with Crippen molar-refractivity contribution < 1.29 is 9.26 Å². The molecule has 2 aromatic heterocycles. The van der Waals surface area contributed by atoms with Crippen molar-refractivity contribution >= 4 is 16.9 Å². The van der Waals surface area contributed by atoms with E-state index in [0.29, 0.717) is 12.5 Å². The van der Waals surface area contributed by atoms with Gasteiger partial charge >= 0.3 is 0 Å². The smallest absolute Gasteiger partial charge is 0.226 e. The maximum atomic E-state index is 5.33. The van der Waals surface area contributed by atoms with E-state index >= 15 is 0 Å². The molecule has 0 aliphatic heterocycles. The summed E-state index contributed by atoms with van der Waals surface area (Å²) < 4.78 is 10.6. The maximum absolute atomic E-state index is 5.33. The predicted octanol–water partition coefficient (Wildman–Crippen LogP) is 3.13. The molecule has 3 aromatic rings. The molecule has 1 aromatic carbocycles. The van der Waals surface area contributed by atoms with E-state index in [1.165, 1.54) is 0 Å². The number of methoxy groups -OCH3 is 1. The van der Waals surface area contributed by atoms with Crippen molar-refractivity contribution in [2.75, 3.05) is 19.1 Å². The summed E-state index contributed by atoms with van der Waals surface area (Å²) in [5.41, 5.74) is 2.76. The summed E-state index contributed by atoms with van der Waals surface area (Å²) in [6.45, 7) is 4.61. The Morgan fingerprint density at radius 3 is 2.74 bits per heavy atom. The third kappa shape index (κ3) is 3.11. The van der Waals surface area contributed by atoms with E-state index in [1.807, 2.05) is 43.1 Å². The van der Waals surface area contributed by atoms with Gasteiger partial charge in [-0.2, -0.15) is 0 Å². The van der Waals surface area contributed by atoms with Crippen LogP contribution < -0.4 is 9.64 Å². The Morgan fingerprint density at radius 2 is 2.04 bits per heavy atom. The van der Waals surface area contributed by atoms with E-state index in [9.17, 15) is 0 Å². The molecule has 0 fully saturated rings. The van der Waals surface area contributed by atoms with Crippen molar-refractivity contribution in [1.82, 2.24) is 15.1 Å². The van der Waals surface area contributed by atoms with E-state index in [2.05, 4.69) is 22.0 Å². The Kier molecular flexibility index (Phi) is 4.14. The molecule has 0 amide bonds. The fourth-order valence-electron chi connectivity index (χ4n) is 2.45. The molecule has 120 valence electrons. The first-order valence-electron chi connectivity index (χ1n) is 7.58. The SMILES string of the molecule is CCc1cc(CN(C)c2nc(C)c3ccc(OC)cc3n2)on1. The predicted molar refractivity (Wildman–Crippen MR) is 88.8 cm³/mol. The van der Waals surface area contributed by atoms with Crippen LogP contribution in [0, 0.1) is 6.92 Å². The number of ether oxygens (including phenoxy) is 1. The topological polar surface area (TPSA) is 64.3 Å². The van der Waals surface area contributed by atoms with Crippen molar-refractivity contribution in [3.05, 3.63) is 41.4 Å². The van der Waals surface area contributed by atoms with Gasteiger partial charge in [0.15, 0.2) is 5.76 Å². The largest absolute Gasteiger partial charge is 0.497 e. The molecule has 2 heterocycles. The first kappa shape index (κ1) is 15.3. The Hall–Kier alpha value is -2.63. The van der Waals surface area contributed by atoms with Crippen LogP contribution in [0.25, 0.3) is 10.9 Å². The van der Waals surface area contributed by atoms with Crippen LogP contribution in [0.5, 0.6) is 5.75 Å². The number of hydrogen-bond acceptors (Lipinski definition) is 6. The standard InChI is InChI=1S/C17H20N4O2/c1-5-12-8-14(23-20-12)10-21(3)17-18-11(2)15-7-6-13(22-4)9-16(15)19-17/h6-9H,5,10H2,1-4H3. The number of rotatable bonds is 5. The molecule has 0 saturated carbocycles. The molecule has 6 nitrogen and oxygen atoms in total. The molecule has 0 spiro atoms. The van der Waals surface area contributed by atoms with Crippen molar-refractivity contribution in [3.8, 4) is 5.75 Å². The summed E-state index contributed by atoms with van der Waals surface area (Å²) in [6, 6.07) is 7.79. The molecular formula is C17H20N4O2. The number of anilines is 1. The van der Waals surface area contributed by atoms with Gasteiger partial charge in [0.2, 0.25) is 5.95 Å². The highest BCUT2D eigenvalue weighted by Crippen LogP contribution is 2.23. The minimum absolute atomic E-state index is 0.571. The van der Waals surface area contributed by atoms with E-state index in [4.69, 9.17) is 9.26 Å². The Morgan fingerprint density at radius 1 is 1.22 bits per heavy atom. The highest BCUT2D eigenvalue weighted by molar-refractivity contribution is 5.83. The van der Waals surface area contributed by atoms with Gasteiger partial charge in [0.1, 0.15) is 5.75 Å². The lowest BCUT2D eigenvalue weighted by atomic mass is 10.2. The third-order valence-electron chi connectivity index (χ3n) is 3.79. The van der Waals surface area contributed by atoms with Gasteiger partial charge in [-0.25, -0.2) is 9.97 Å². The van der Waals surface area contributed by atoms with Gasteiger partial charge in [-0.05, 0) is 25.5 Å². The number of hydrogen-bond donors (Lipinski definition) is 0. The van der Waals surface area contributed by atoms with Gasteiger partial charge in [-0.15, -0.1) is 0 Å². The molecule has 0 N–H and O–H groups in total. The first-order valence-corrected chi connectivity index (χ1v) is 7.58. The van der Waals surface area contributed by atoms with Gasteiger partial charge < -0.3 is 14.2 Å². The van der Waals surface area contributed by atoms with Gasteiger partial charge in [-0.1, -0.05) is 12.1 Å². The van der Waals surface area contributed by atoms with Crippen LogP contribution in [-0.4, -0.2) is 29.3 Å². The highest BCUT2D eigenvalue weighted by atomic mass is 16.5. The molecule has 0 atom stereocenters. The van der Waals surface area contributed by atoms with Crippen molar-refractivity contribution in [3.63, 3.8) is 0 Å². The summed E-state index contributed by atoms with van der Waals surface area (Å²) in [7, 11) is 3.59. The number of fused-ring (bicyclic) bond motifs is 1. The molecule has 0 saturated heterocycles. The van der Waals surface area contributed by atoms with E-state index < -0.39 is 0 Å². The number of aryl methyl sites for hydroxylation is 2. The van der Waals surface area contributed by atoms with Gasteiger partial charge in [0.25, 0.3) is 0 Å². The van der Waals surface area contributed by atoms with E-state index in [-0.39, 0.29) is 0 Å². The zero-order valence-corrected chi connectivity index (χ0v) is 13.8. The van der Waals surface area contributed by atoms with Crippen LogP contribution in [0.2, 0.25) is 0 Å². The fourth-order valence-corrected chi connectivity index (χ4v) is 2.45. The zero-order chi connectivity index (χ0) is 16.4. The van der Waals surface area contributed by atoms with Gasteiger partial charge in [-0.3, -0.25) is 0 Å². The third-order valence-corrected chi connectivity index (χ3v) is 3.79. The van der Waals surface area contributed by atoms with E-state index in [1.54, 1.807) is 7.11 Å². The second kappa shape index (κ2) is 6.24. The molecule has 0 radical (unpaired) electrons. The number of nitrogens with zero attached hydrogens (tertiary/aromatic N) is 4. The summed E-state index contributed by atoms with van der Waals surface area (Å²) in [6.07, 6.45) is 0.860. The number of aromatic nitrogens is 3. The number of benzene rings is 1. The Labute approximate surface area is 135 Å². The minimum atomic E-state index is 0.571. The molecule has 3 rings (SSSR count). The average molecular weight is 312 g/mol. The maximum Gasteiger partial charge on any atom is 0.226 e. The highest BCUT2D eigenvalue weighted by Gasteiger charge is 2.12. The summed E-state index contributed by atoms with van der Waals surface area (Å²) in [5, 5.41) is 5.04. The molecule has 0 aliphatic rings. The Balaban J connectivity index is 1.91. The molecule has 0 aliphatic carbocycles. The second-order valence-electron chi connectivity index (χ2n) is 5.49. The van der Waals surface area contributed by atoms with Crippen LogP contribution in [0.4, 0.5) is 5.95 Å². The lowest BCUT2D eigenvalue weighted by Gasteiger charge is -2.16. The van der Waals surface area contributed by atoms with Gasteiger partial charge in [0, 0.05) is 24.6 Å². The zero-order valence-electron chi connectivity index (χ0n) is 13.8. The minimum Gasteiger partial charge on any atom is -0.497 e. The summed E-state index contributed by atoms with van der Waals surface area (Å²) >= 11 is 0. The average Bonchev–Trinajstić information content (AvgIpc) is 3.01. The first-order chi connectivity index (χ1) is 11.1. The van der Waals surface area contributed by atoms with Crippen LogP contribution in [0.15, 0.2) is 28.8 Å². The van der Waals surface area contributed by atoms with Crippen molar-refractivity contribution in [1.29, 1.82) is 0 Å². The normalized spacial score (nSPS) is 11.0. The lowest BCUT2D eigenvalue weighted by Crippen LogP contribution is -2.19. The summed E-state index contributed by atoms with van der Waals surface area (Å²) in [4.78, 5) is 11.2. The van der Waals surface area contributed by atoms with Crippen LogP contribution in [-0.2, 0) is 13.0 Å². The monoisotopic (exact) mass is 312 g/mol. The lowest BCUT2D eigenvalue weighted by molar-refractivity contribution is 0.377. The van der Waals surface area contributed by atoms with Crippen LogP contribution in [0.3, 0.4) is 0 Å². The quantitative estimate of drug-likeness (QED) is 0.721. The van der Waals surface area contributed by atoms with Crippen molar-refractivity contribution in [2.24, 2.45) is 0 Å². The molecule has 23 heavy (non-hydrogen) atoms. The molecular weight excluding hydrogens is 292 g/mol. The molecule has 0 bridgehead atoms. The Bertz CT molecular complexity index is 829. The van der Waals surface area contributed by atoms with E-state index in [0.717, 1.165) is 40.2 Å².